The third-order valence-corrected chi connectivity index (χ3v) is 3.07. The number of oxime groups is 1. The summed E-state index contributed by atoms with van der Waals surface area (Å²) in [5.41, 5.74) is 4.47. The van der Waals surface area contributed by atoms with Gasteiger partial charge >= 0.3 is 0 Å². The van der Waals surface area contributed by atoms with Crippen molar-refractivity contribution in [3.8, 4) is 0 Å². The third-order valence-electron chi connectivity index (χ3n) is 3.07. The van der Waals surface area contributed by atoms with E-state index in [2.05, 4.69) is 5.16 Å². The summed E-state index contributed by atoms with van der Waals surface area (Å²) in [6, 6.07) is 0. The van der Waals surface area contributed by atoms with Crippen molar-refractivity contribution in [2.24, 2.45) is 5.16 Å². The first kappa shape index (κ1) is 13.6. The van der Waals surface area contributed by atoms with Crippen LogP contribution in [0.2, 0.25) is 0 Å². The molecule has 17 heavy (non-hydrogen) atoms. The molecule has 0 aromatic carbocycles. The molecule has 94 valence electrons. The normalized spacial score (nSPS) is 17.6. The Balaban J connectivity index is 3.17. The molecule has 0 radical (unpaired) electrons. The predicted molar refractivity (Wildman–Crippen MR) is 66.8 cm³/mol. The summed E-state index contributed by atoms with van der Waals surface area (Å²) in [4.78, 5) is 16.2. The molecule has 1 N–H and O–H groups in total. The van der Waals surface area contributed by atoms with E-state index in [0.29, 0.717) is 18.6 Å². The van der Waals surface area contributed by atoms with Crippen molar-refractivity contribution in [2.45, 2.75) is 33.6 Å². The van der Waals surface area contributed by atoms with Crippen LogP contribution < -0.4 is 0 Å². The lowest BCUT2D eigenvalue weighted by Crippen LogP contribution is -2.19. The van der Waals surface area contributed by atoms with Crippen molar-refractivity contribution >= 4 is 11.5 Å². The van der Waals surface area contributed by atoms with E-state index in [1.165, 1.54) is 25.2 Å². The highest BCUT2D eigenvalue weighted by atomic mass is 16.6. The molecule has 0 aromatic heterocycles. The van der Waals surface area contributed by atoms with Gasteiger partial charge in [0.15, 0.2) is 5.78 Å². The van der Waals surface area contributed by atoms with Crippen molar-refractivity contribution in [3.05, 3.63) is 22.3 Å². The van der Waals surface area contributed by atoms with Gasteiger partial charge in [0.2, 0.25) is 0 Å². The van der Waals surface area contributed by atoms with Gasteiger partial charge in [-0.25, -0.2) is 0 Å². The fraction of sp³-hybridized carbons (Fsp3) is 0.538. The molecule has 0 spiro atoms. The number of Topliss-reactive ketones (excluding diaryl/α,β-unsaturated/α-hetero) is 1. The Morgan fingerprint density at radius 1 is 1.35 bits per heavy atom. The van der Waals surface area contributed by atoms with E-state index in [1.807, 2.05) is 13.8 Å². The second kappa shape index (κ2) is 5.77. The Hall–Kier alpha value is -1.42. The zero-order chi connectivity index (χ0) is 13.0. The topological polar surface area (TPSA) is 58.9 Å². The SMILES string of the molecule is CO/N=C(\C(C)=O)C1=C(CO)CC(C)=C(C)C1. The summed E-state index contributed by atoms with van der Waals surface area (Å²) in [5, 5.41) is 13.2. The Kier molecular flexibility index (Phi) is 4.63. The highest BCUT2D eigenvalue weighted by molar-refractivity contribution is 6.45. The largest absolute Gasteiger partial charge is 0.399 e. The van der Waals surface area contributed by atoms with E-state index in [-0.39, 0.29) is 12.4 Å². The molecule has 1 aliphatic carbocycles. The molecule has 0 aromatic rings. The van der Waals surface area contributed by atoms with Gasteiger partial charge in [0.25, 0.3) is 0 Å². The molecule has 1 aliphatic rings. The molecule has 0 unspecified atom stereocenters. The molecule has 0 amide bonds. The fourth-order valence-corrected chi connectivity index (χ4v) is 1.94. The summed E-state index contributed by atoms with van der Waals surface area (Å²) in [7, 11) is 1.42. The average Bonchev–Trinajstić information content (AvgIpc) is 2.29. The van der Waals surface area contributed by atoms with E-state index >= 15 is 0 Å². The van der Waals surface area contributed by atoms with Crippen molar-refractivity contribution in [3.63, 3.8) is 0 Å². The van der Waals surface area contributed by atoms with Crippen LogP contribution in [0, 0.1) is 0 Å². The molecule has 0 fully saturated rings. The number of nitrogens with zero attached hydrogens (tertiary/aromatic N) is 1. The lowest BCUT2D eigenvalue weighted by molar-refractivity contribution is -0.111. The summed E-state index contributed by atoms with van der Waals surface area (Å²) in [5.74, 6) is -0.139. The summed E-state index contributed by atoms with van der Waals surface area (Å²) in [6.45, 7) is 5.49. The van der Waals surface area contributed by atoms with Gasteiger partial charge in [-0.2, -0.15) is 0 Å². The average molecular weight is 237 g/mol. The molecule has 0 aliphatic heterocycles. The number of ketones is 1. The van der Waals surface area contributed by atoms with Gasteiger partial charge in [-0.3, -0.25) is 4.79 Å². The maximum Gasteiger partial charge on any atom is 0.181 e. The number of allylic oxidation sites excluding steroid dienone is 3. The smallest absolute Gasteiger partial charge is 0.181 e. The minimum absolute atomic E-state index is 0.0457. The van der Waals surface area contributed by atoms with Crippen LogP contribution in [-0.2, 0) is 9.63 Å². The highest BCUT2D eigenvalue weighted by Gasteiger charge is 2.22. The molecular weight excluding hydrogens is 218 g/mol. The maximum atomic E-state index is 11.5. The Morgan fingerprint density at radius 2 is 1.94 bits per heavy atom. The minimum Gasteiger partial charge on any atom is -0.399 e. The number of carbonyl (C=O) groups is 1. The zero-order valence-corrected chi connectivity index (χ0v) is 10.8. The van der Waals surface area contributed by atoms with Crippen LogP contribution in [0.15, 0.2) is 27.4 Å². The van der Waals surface area contributed by atoms with Crippen molar-refractivity contribution in [1.29, 1.82) is 0 Å². The molecule has 4 heteroatoms. The molecule has 0 saturated heterocycles. The van der Waals surface area contributed by atoms with E-state index in [0.717, 1.165) is 11.1 Å². The molecule has 4 nitrogen and oxygen atoms in total. The van der Waals surface area contributed by atoms with E-state index in [1.54, 1.807) is 0 Å². The van der Waals surface area contributed by atoms with Crippen molar-refractivity contribution < 1.29 is 14.7 Å². The van der Waals surface area contributed by atoms with Gasteiger partial charge in [0.05, 0.1) is 6.61 Å². The maximum absolute atomic E-state index is 11.5. The number of hydrogen-bond acceptors (Lipinski definition) is 4. The summed E-state index contributed by atoms with van der Waals surface area (Å²) < 4.78 is 0. The first-order valence-electron chi connectivity index (χ1n) is 5.60. The van der Waals surface area contributed by atoms with Crippen LogP contribution in [0.5, 0.6) is 0 Å². The molecular formula is C13H19NO3. The number of rotatable bonds is 4. The number of hydrogen-bond donors (Lipinski definition) is 1. The standard InChI is InChI=1S/C13H19NO3/c1-8-5-11(7-15)12(6-9(8)2)13(10(3)16)14-17-4/h15H,5-7H2,1-4H3/b14-13+. The second-order valence-corrected chi connectivity index (χ2v) is 4.33. The van der Waals surface area contributed by atoms with Crippen LogP contribution in [0.1, 0.15) is 33.6 Å². The molecule has 0 heterocycles. The second-order valence-electron chi connectivity index (χ2n) is 4.33. The quantitative estimate of drug-likeness (QED) is 0.462. The summed E-state index contributed by atoms with van der Waals surface area (Å²) in [6.07, 6.45) is 1.36. The number of aliphatic hydroxyl groups is 1. The molecule has 0 bridgehead atoms. The molecule has 1 rings (SSSR count). The Labute approximate surface area is 102 Å². The van der Waals surface area contributed by atoms with E-state index in [9.17, 15) is 9.90 Å². The Morgan fingerprint density at radius 3 is 2.41 bits per heavy atom. The lowest BCUT2D eigenvalue weighted by Gasteiger charge is -2.21. The van der Waals surface area contributed by atoms with Gasteiger partial charge in [0.1, 0.15) is 12.8 Å². The van der Waals surface area contributed by atoms with E-state index < -0.39 is 0 Å². The number of carbonyl (C=O) groups excluding carboxylic acids is 1. The van der Waals surface area contributed by atoms with Gasteiger partial charge in [-0.15, -0.1) is 0 Å². The Bertz CT molecular complexity index is 416. The third kappa shape index (κ3) is 3.03. The fourth-order valence-electron chi connectivity index (χ4n) is 1.94. The van der Waals surface area contributed by atoms with Gasteiger partial charge in [-0.05, 0) is 37.8 Å². The van der Waals surface area contributed by atoms with Gasteiger partial charge in [-0.1, -0.05) is 16.3 Å². The van der Waals surface area contributed by atoms with E-state index in [4.69, 9.17) is 4.84 Å². The van der Waals surface area contributed by atoms with Crippen LogP contribution >= 0.6 is 0 Å². The first-order valence-corrected chi connectivity index (χ1v) is 5.60. The van der Waals surface area contributed by atoms with Gasteiger partial charge < -0.3 is 9.94 Å². The van der Waals surface area contributed by atoms with Crippen LogP contribution in [-0.4, -0.2) is 30.3 Å². The predicted octanol–water partition coefficient (Wildman–Crippen LogP) is 2.00. The monoisotopic (exact) mass is 237 g/mol. The first-order chi connectivity index (χ1) is 8.01. The number of aliphatic hydroxyl groups excluding tert-OH is 1. The molecule has 0 saturated carbocycles. The summed E-state index contributed by atoms with van der Waals surface area (Å²) >= 11 is 0. The lowest BCUT2D eigenvalue weighted by atomic mass is 9.84. The van der Waals surface area contributed by atoms with Crippen LogP contribution in [0.25, 0.3) is 0 Å². The zero-order valence-electron chi connectivity index (χ0n) is 10.8. The minimum atomic E-state index is -0.139. The van der Waals surface area contributed by atoms with Crippen molar-refractivity contribution in [1.82, 2.24) is 0 Å². The van der Waals surface area contributed by atoms with Crippen LogP contribution in [0.3, 0.4) is 0 Å². The highest BCUT2D eigenvalue weighted by Crippen LogP contribution is 2.30. The van der Waals surface area contributed by atoms with Crippen molar-refractivity contribution in [2.75, 3.05) is 13.7 Å². The van der Waals surface area contributed by atoms with Crippen LogP contribution in [0.4, 0.5) is 0 Å². The molecule has 0 atom stereocenters. The van der Waals surface area contributed by atoms with Gasteiger partial charge in [0, 0.05) is 6.92 Å².